The minimum Gasteiger partial charge on any atom is -0.386 e. The van der Waals surface area contributed by atoms with E-state index in [-0.39, 0.29) is 23.1 Å². The second-order valence-electron chi connectivity index (χ2n) is 3.98. The number of amides is 1. The molecule has 0 unspecified atom stereocenters. The van der Waals surface area contributed by atoms with Crippen LogP contribution in [0.25, 0.3) is 11.3 Å². The molecule has 102 valence electrons. The van der Waals surface area contributed by atoms with Gasteiger partial charge in [0, 0.05) is 5.56 Å². The van der Waals surface area contributed by atoms with E-state index < -0.39 is 5.91 Å². The van der Waals surface area contributed by atoms with Crippen LogP contribution in [0, 0.1) is 5.82 Å². The molecular weight excluding hydrogens is 261 g/mol. The number of carbonyl (C=O) groups is 1. The van der Waals surface area contributed by atoms with E-state index in [2.05, 4.69) is 21.9 Å². The summed E-state index contributed by atoms with van der Waals surface area (Å²) in [6.45, 7) is 3.36. The number of nitrogens with two attached hydrogens (primary N) is 2. The summed E-state index contributed by atoms with van der Waals surface area (Å²) in [6.07, 6.45) is 1.40. The summed E-state index contributed by atoms with van der Waals surface area (Å²) in [5.74, 6) is -1.03. The first kappa shape index (κ1) is 13.5. The van der Waals surface area contributed by atoms with Gasteiger partial charge in [0.2, 0.25) is 0 Å². The van der Waals surface area contributed by atoms with Gasteiger partial charge in [0.05, 0.1) is 17.7 Å². The van der Waals surface area contributed by atoms with Crippen molar-refractivity contribution in [3.05, 3.63) is 54.4 Å². The van der Waals surface area contributed by atoms with Crippen LogP contribution >= 0.6 is 0 Å². The van der Waals surface area contributed by atoms with Crippen LogP contribution < -0.4 is 16.8 Å². The van der Waals surface area contributed by atoms with Crippen molar-refractivity contribution >= 4 is 11.7 Å². The van der Waals surface area contributed by atoms with Gasteiger partial charge in [-0.3, -0.25) is 4.79 Å². The Kier molecular flexibility index (Phi) is 3.60. The van der Waals surface area contributed by atoms with Gasteiger partial charge in [-0.05, 0) is 24.3 Å². The van der Waals surface area contributed by atoms with E-state index in [9.17, 15) is 9.18 Å². The predicted octanol–water partition coefficient (Wildman–Crippen LogP) is 1.02. The van der Waals surface area contributed by atoms with Crippen molar-refractivity contribution in [3.63, 3.8) is 0 Å². The Balaban J connectivity index is 2.40. The first-order chi connectivity index (χ1) is 9.47. The lowest BCUT2D eigenvalue weighted by atomic mass is 10.1. The van der Waals surface area contributed by atoms with Crippen LogP contribution in [0.2, 0.25) is 0 Å². The molecule has 1 aromatic carbocycles. The Labute approximate surface area is 114 Å². The van der Waals surface area contributed by atoms with Crippen LogP contribution in [-0.2, 0) is 0 Å². The number of nitrogens with one attached hydrogen (secondary N) is 1. The number of benzene rings is 1. The fourth-order valence-corrected chi connectivity index (χ4v) is 1.53. The number of nitrogens with zero attached hydrogens (tertiary/aromatic N) is 2. The van der Waals surface area contributed by atoms with Gasteiger partial charge in [-0.2, -0.15) is 0 Å². The summed E-state index contributed by atoms with van der Waals surface area (Å²) in [5.41, 5.74) is 11.8. The zero-order valence-electron chi connectivity index (χ0n) is 10.4. The minimum atomic E-state index is -0.605. The van der Waals surface area contributed by atoms with Gasteiger partial charge in [-0.1, -0.05) is 6.58 Å². The van der Waals surface area contributed by atoms with E-state index >= 15 is 0 Å². The molecule has 0 saturated heterocycles. The maximum atomic E-state index is 12.9. The molecule has 0 radical (unpaired) electrons. The van der Waals surface area contributed by atoms with Crippen LogP contribution in [0.1, 0.15) is 10.5 Å². The summed E-state index contributed by atoms with van der Waals surface area (Å²) in [7, 11) is 0. The average molecular weight is 273 g/mol. The third-order valence-corrected chi connectivity index (χ3v) is 2.43. The maximum Gasteiger partial charge on any atom is 0.279 e. The minimum absolute atomic E-state index is 0.0246. The van der Waals surface area contributed by atoms with E-state index in [4.69, 9.17) is 11.5 Å². The number of hydrogen-bond acceptors (Lipinski definition) is 5. The van der Waals surface area contributed by atoms with Crippen LogP contribution in [0.4, 0.5) is 10.2 Å². The Morgan fingerprint density at radius 3 is 2.55 bits per heavy atom. The highest BCUT2D eigenvalue weighted by atomic mass is 19.1. The van der Waals surface area contributed by atoms with E-state index in [1.807, 2.05) is 0 Å². The molecule has 0 bridgehead atoms. The summed E-state index contributed by atoms with van der Waals surface area (Å²) < 4.78 is 12.9. The molecule has 1 heterocycles. The number of anilines is 1. The third kappa shape index (κ3) is 2.89. The molecule has 1 amide bonds. The second-order valence-corrected chi connectivity index (χ2v) is 3.98. The Morgan fingerprint density at radius 1 is 1.30 bits per heavy atom. The van der Waals surface area contributed by atoms with Crippen molar-refractivity contribution in [3.8, 4) is 11.3 Å². The first-order valence-corrected chi connectivity index (χ1v) is 5.61. The van der Waals surface area contributed by atoms with Crippen LogP contribution in [0.15, 0.2) is 42.9 Å². The molecule has 0 aliphatic heterocycles. The van der Waals surface area contributed by atoms with Gasteiger partial charge in [0.1, 0.15) is 5.82 Å². The van der Waals surface area contributed by atoms with Crippen molar-refractivity contribution < 1.29 is 9.18 Å². The van der Waals surface area contributed by atoms with Gasteiger partial charge in [0.15, 0.2) is 11.5 Å². The van der Waals surface area contributed by atoms with Crippen molar-refractivity contribution in [1.29, 1.82) is 0 Å². The Hall–Kier alpha value is -2.96. The molecule has 0 spiro atoms. The number of halogens is 1. The third-order valence-electron chi connectivity index (χ3n) is 2.43. The fourth-order valence-electron chi connectivity index (χ4n) is 1.53. The molecule has 0 aliphatic carbocycles. The van der Waals surface area contributed by atoms with Gasteiger partial charge in [-0.25, -0.2) is 14.4 Å². The highest BCUT2D eigenvalue weighted by molar-refractivity contribution is 5.97. The lowest BCUT2D eigenvalue weighted by Gasteiger charge is -2.07. The molecule has 0 atom stereocenters. The number of aromatic nitrogens is 2. The number of hydrogen-bond donors (Lipinski definition) is 3. The van der Waals surface area contributed by atoms with Gasteiger partial charge in [-0.15, -0.1) is 0 Å². The van der Waals surface area contributed by atoms with Gasteiger partial charge < -0.3 is 16.8 Å². The van der Waals surface area contributed by atoms with Crippen LogP contribution in [-0.4, -0.2) is 15.9 Å². The van der Waals surface area contributed by atoms with E-state index in [0.29, 0.717) is 11.3 Å². The standard InChI is InChI=1S/C13H12FN5O/c1-7(15)18-13(20)11-12(16)17-6-10(19-11)8-2-4-9(14)5-3-8/h2-6H,1,15H2,(H2,16,17)(H,18,20). The monoisotopic (exact) mass is 273 g/mol. The van der Waals surface area contributed by atoms with Crippen molar-refractivity contribution in [2.24, 2.45) is 5.73 Å². The van der Waals surface area contributed by atoms with Gasteiger partial charge in [0.25, 0.3) is 5.91 Å². The van der Waals surface area contributed by atoms with E-state index in [1.54, 1.807) is 0 Å². The zero-order valence-corrected chi connectivity index (χ0v) is 10.4. The molecule has 6 nitrogen and oxygen atoms in total. The predicted molar refractivity (Wildman–Crippen MR) is 72.6 cm³/mol. The molecule has 0 aliphatic rings. The number of rotatable bonds is 3. The molecule has 1 aromatic heterocycles. The fraction of sp³-hybridized carbons (Fsp3) is 0. The van der Waals surface area contributed by atoms with Crippen LogP contribution in [0.3, 0.4) is 0 Å². The normalized spacial score (nSPS) is 10.1. The number of carbonyl (C=O) groups excluding carboxylic acids is 1. The Bertz CT molecular complexity index is 669. The van der Waals surface area contributed by atoms with Crippen LogP contribution in [0.5, 0.6) is 0 Å². The first-order valence-electron chi connectivity index (χ1n) is 5.61. The summed E-state index contributed by atoms with van der Waals surface area (Å²) in [6, 6.07) is 5.63. The van der Waals surface area contributed by atoms with E-state index in [1.165, 1.54) is 30.5 Å². The molecule has 7 heteroatoms. The summed E-state index contributed by atoms with van der Waals surface area (Å²) >= 11 is 0. The Morgan fingerprint density at radius 2 is 1.95 bits per heavy atom. The largest absolute Gasteiger partial charge is 0.386 e. The van der Waals surface area contributed by atoms with Crippen molar-refractivity contribution in [2.75, 3.05) is 5.73 Å². The lowest BCUT2D eigenvalue weighted by Crippen LogP contribution is -2.28. The maximum absolute atomic E-state index is 12.9. The topological polar surface area (TPSA) is 107 Å². The molecule has 20 heavy (non-hydrogen) atoms. The van der Waals surface area contributed by atoms with Gasteiger partial charge >= 0.3 is 0 Å². The molecule has 0 fully saturated rings. The second kappa shape index (κ2) is 5.35. The SMILES string of the molecule is C=C(N)NC(=O)c1nc(-c2ccc(F)cc2)cnc1N. The number of nitrogen functional groups attached to an aromatic ring is 1. The zero-order chi connectivity index (χ0) is 14.7. The highest BCUT2D eigenvalue weighted by Gasteiger charge is 2.14. The van der Waals surface area contributed by atoms with Crippen molar-refractivity contribution in [1.82, 2.24) is 15.3 Å². The van der Waals surface area contributed by atoms with E-state index in [0.717, 1.165) is 0 Å². The highest BCUT2D eigenvalue weighted by Crippen LogP contribution is 2.18. The summed E-state index contributed by atoms with van der Waals surface area (Å²) in [5, 5.41) is 2.29. The molecule has 0 saturated carbocycles. The molecule has 5 N–H and O–H groups in total. The van der Waals surface area contributed by atoms with Crippen molar-refractivity contribution in [2.45, 2.75) is 0 Å². The summed E-state index contributed by atoms with van der Waals surface area (Å²) in [4.78, 5) is 19.8. The molecule has 2 rings (SSSR count). The smallest absolute Gasteiger partial charge is 0.279 e. The lowest BCUT2D eigenvalue weighted by molar-refractivity contribution is 0.0961. The molecular formula is C13H12FN5O. The average Bonchev–Trinajstić information content (AvgIpc) is 2.39. The quantitative estimate of drug-likeness (QED) is 0.774. The molecule has 2 aromatic rings.